The third kappa shape index (κ3) is 6.19. The van der Waals surface area contributed by atoms with E-state index in [1.165, 1.54) is 10.9 Å². The number of hydrogen-bond donors (Lipinski definition) is 0. The normalized spacial score (nSPS) is 19.4. The van der Waals surface area contributed by atoms with Crippen molar-refractivity contribution >= 4 is 16.8 Å². The Morgan fingerprint density at radius 3 is 2.80 bits per heavy atom. The zero-order valence-electron chi connectivity index (χ0n) is 20.4. The predicted octanol–water partition coefficient (Wildman–Crippen LogP) is 4.43. The molecule has 1 amide bonds. The Morgan fingerprint density at radius 1 is 1.00 bits per heavy atom. The number of benzene rings is 2. The van der Waals surface area contributed by atoms with Gasteiger partial charge in [-0.05, 0) is 67.5 Å². The van der Waals surface area contributed by atoms with Gasteiger partial charge in [0, 0.05) is 49.9 Å². The topological polar surface area (TPSA) is 54.9 Å². The standard InChI is InChI=1S/C29H35N3O3/c33-29(25-6-3-7-26(22-25)35-20-17-31-15-18-34-19-16-31)32-13-4-5-23(11-14-32)21-24-10-12-30-28-9-2-1-8-27(24)28/h1-3,6-10,12,22-23H,4-5,11,13-21H2/t23-/m1/s1. The fourth-order valence-electron chi connectivity index (χ4n) is 5.24. The van der Waals surface area contributed by atoms with Crippen molar-refractivity contribution in [2.75, 3.05) is 52.5 Å². The lowest BCUT2D eigenvalue weighted by Gasteiger charge is -2.26. The van der Waals surface area contributed by atoms with Crippen LogP contribution in [0.2, 0.25) is 0 Å². The number of hydrogen-bond acceptors (Lipinski definition) is 5. The minimum atomic E-state index is 0.110. The average molecular weight is 474 g/mol. The zero-order chi connectivity index (χ0) is 23.9. The van der Waals surface area contributed by atoms with Gasteiger partial charge in [0.15, 0.2) is 0 Å². The first kappa shape index (κ1) is 23.8. The van der Waals surface area contributed by atoms with Gasteiger partial charge in [0.1, 0.15) is 12.4 Å². The highest BCUT2D eigenvalue weighted by atomic mass is 16.5. The SMILES string of the molecule is O=C(c1cccc(OCCN2CCOCC2)c1)N1CCC[C@@H](Cc2ccnc3ccccc23)CC1. The number of amides is 1. The van der Waals surface area contributed by atoms with Crippen molar-refractivity contribution in [3.8, 4) is 5.75 Å². The molecule has 2 aromatic carbocycles. The maximum atomic E-state index is 13.3. The minimum Gasteiger partial charge on any atom is -0.492 e. The van der Waals surface area contributed by atoms with Gasteiger partial charge < -0.3 is 14.4 Å². The lowest BCUT2D eigenvalue weighted by atomic mass is 9.91. The summed E-state index contributed by atoms with van der Waals surface area (Å²) in [7, 11) is 0. The van der Waals surface area contributed by atoms with E-state index in [4.69, 9.17) is 9.47 Å². The molecular formula is C29H35N3O3. The summed E-state index contributed by atoms with van der Waals surface area (Å²) >= 11 is 0. The maximum Gasteiger partial charge on any atom is 0.253 e. The van der Waals surface area contributed by atoms with Gasteiger partial charge in [-0.15, -0.1) is 0 Å². The molecule has 5 rings (SSSR count). The van der Waals surface area contributed by atoms with Gasteiger partial charge in [-0.25, -0.2) is 0 Å². The maximum absolute atomic E-state index is 13.3. The molecule has 0 saturated carbocycles. The largest absolute Gasteiger partial charge is 0.492 e. The van der Waals surface area contributed by atoms with Crippen molar-refractivity contribution in [2.45, 2.75) is 25.7 Å². The van der Waals surface area contributed by atoms with Gasteiger partial charge in [-0.2, -0.15) is 0 Å². The van der Waals surface area contributed by atoms with Crippen LogP contribution in [0.1, 0.15) is 35.2 Å². The molecule has 2 aliphatic rings. The summed E-state index contributed by atoms with van der Waals surface area (Å²) in [6, 6.07) is 18.2. The fraction of sp³-hybridized carbons (Fsp3) is 0.448. The molecule has 0 unspecified atom stereocenters. The molecule has 0 bridgehead atoms. The van der Waals surface area contributed by atoms with Gasteiger partial charge in [-0.3, -0.25) is 14.7 Å². The van der Waals surface area contributed by atoms with Gasteiger partial charge in [0.25, 0.3) is 5.91 Å². The summed E-state index contributed by atoms with van der Waals surface area (Å²) in [4.78, 5) is 22.2. The number of morpholine rings is 1. The number of aromatic nitrogens is 1. The van der Waals surface area contributed by atoms with Crippen LogP contribution in [0.4, 0.5) is 0 Å². The molecule has 35 heavy (non-hydrogen) atoms. The van der Waals surface area contributed by atoms with Crippen molar-refractivity contribution < 1.29 is 14.3 Å². The molecule has 6 nitrogen and oxygen atoms in total. The summed E-state index contributed by atoms with van der Waals surface area (Å²) in [6.45, 7) is 6.60. The number of para-hydroxylation sites is 1. The van der Waals surface area contributed by atoms with Gasteiger partial charge in [-0.1, -0.05) is 24.3 Å². The summed E-state index contributed by atoms with van der Waals surface area (Å²) < 4.78 is 11.4. The fourth-order valence-corrected chi connectivity index (χ4v) is 5.24. The molecule has 6 heteroatoms. The molecule has 2 fully saturated rings. The van der Waals surface area contributed by atoms with Crippen LogP contribution in [-0.2, 0) is 11.2 Å². The lowest BCUT2D eigenvalue weighted by molar-refractivity contribution is 0.0322. The van der Waals surface area contributed by atoms with E-state index in [1.54, 1.807) is 0 Å². The Morgan fingerprint density at radius 2 is 1.89 bits per heavy atom. The summed E-state index contributed by atoms with van der Waals surface area (Å²) in [5.41, 5.74) is 3.14. The number of likely N-dealkylation sites (tertiary alicyclic amines) is 1. The molecule has 0 radical (unpaired) electrons. The van der Waals surface area contributed by atoms with E-state index < -0.39 is 0 Å². The molecule has 0 aliphatic carbocycles. The van der Waals surface area contributed by atoms with Crippen LogP contribution in [0.5, 0.6) is 5.75 Å². The van der Waals surface area contributed by atoms with Gasteiger partial charge >= 0.3 is 0 Å². The smallest absolute Gasteiger partial charge is 0.253 e. The Labute approximate surface area is 207 Å². The van der Waals surface area contributed by atoms with E-state index >= 15 is 0 Å². The molecule has 3 aromatic rings. The molecule has 184 valence electrons. The van der Waals surface area contributed by atoms with E-state index in [0.717, 1.165) is 82.9 Å². The highest BCUT2D eigenvalue weighted by Gasteiger charge is 2.22. The molecule has 1 atom stereocenters. The third-order valence-electron chi connectivity index (χ3n) is 7.24. The van der Waals surface area contributed by atoms with Crippen LogP contribution in [0.15, 0.2) is 60.8 Å². The van der Waals surface area contributed by atoms with E-state index in [9.17, 15) is 4.79 Å². The van der Waals surface area contributed by atoms with Crippen molar-refractivity contribution in [3.63, 3.8) is 0 Å². The van der Waals surface area contributed by atoms with E-state index in [2.05, 4.69) is 34.1 Å². The second-order valence-electron chi connectivity index (χ2n) is 9.61. The first-order chi connectivity index (χ1) is 17.3. The highest BCUT2D eigenvalue weighted by Crippen LogP contribution is 2.26. The molecule has 1 aromatic heterocycles. The Kier molecular flexibility index (Phi) is 7.91. The quantitative estimate of drug-likeness (QED) is 0.508. The number of carbonyl (C=O) groups is 1. The van der Waals surface area contributed by atoms with Crippen molar-refractivity contribution in [1.29, 1.82) is 0 Å². The van der Waals surface area contributed by atoms with Gasteiger partial charge in [0.05, 0.1) is 18.7 Å². The van der Waals surface area contributed by atoms with Crippen LogP contribution in [0.25, 0.3) is 10.9 Å². The molecule has 0 N–H and O–H groups in total. The average Bonchev–Trinajstić information content (AvgIpc) is 3.15. The second-order valence-corrected chi connectivity index (χ2v) is 9.61. The van der Waals surface area contributed by atoms with Crippen molar-refractivity contribution in [1.82, 2.24) is 14.8 Å². The number of rotatable bonds is 7. The number of nitrogens with zero attached hydrogens (tertiary/aromatic N) is 3. The highest BCUT2D eigenvalue weighted by molar-refractivity contribution is 5.94. The minimum absolute atomic E-state index is 0.110. The Hall–Kier alpha value is -2.96. The zero-order valence-corrected chi connectivity index (χ0v) is 20.4. The van der Waals surface area contributed by atoms with Gasteiger partial charge in [0.2, 0.25) is 0 Å². The molecule has 2 aliphatic heterocycles. The first-order valence-electron chi connectivity index (χ1n) is 12.9. The number of pyridine rings is 1. The number of ether oxygens (including phenoxy) is 2. The second kappa shape index (κ2) is 11.6. The first-order valence-corrected chi connectivity index (χ1v) is 12.9. The van der Waals surface area contributed by atoms with Crippen molar-refractivity contribution in [3.05, 3.63) is 71.9 Å². The summed E-state index contributed by atoms with van der Waals surface area (Å²) in [5.74, 6) is 1.45. The number of fused-ring (bicyclic) bond motifs is 1. The van der Waals surface area contributed by atoms with Crippen molar-refractivity contribution in [2.24, 2.45) is 5.92 Å². The molecule has 2 saturated heterocycles. The monoisotopic (exact) mass is 473 g/mol. The van der Waals surface area contributed by atoms with E-state index in [-0.39, 0.29) is 5.91 Å². The third-order valence-corrected chi connectivity index (χ3v) is 7.24. The lowest BCUT2D eigenvalue weighted by Crippen LogP contribution is -2.38. The molecule has 0 spiro atoms. The van der Waals surface area contributed by atoms with Crippen LogP contribution >= 0.6 is 0 Å². The Balaban J connectivity index is 1.16. The van der Waals surface area contributed by atoms with Crippen LogP contribution in [-0.4, -0.2) is 73.2 Å². The van der Waals surface area contributed by atoms with E-state index in [1.807, 2.05) is 41.4 Å². The summed E-state index contributed by atoms with van der Waals surface area (Å²) in [5, 5.41) is 1.25. The predicted molar refractivity (Wildman–Crippen MR) is 138 cm³/mol. The van der Waals surface area contributed by atoms with E-state index in [0.29, 0.717) is 18.1 Å². The van der Waals surface area contributed by atoms with Crippen LogP contribution in [0, 0.1) is 5.92 Å². The molecule has 3 heterocycles. The van der Waals surface area contributed by atoms with Crippen LogP contribution in [0.3, 0.4) is 0 Å². The number of carbonyl (C=O) groups excluding carboxylic acids is 1. The van der Waals surface area contributed by atoms with Crippen LogP contribution < -0.4 is 4.74 Å². The molecular weight excluding hydrogens is 438 g/mol. The Bertz CT molecular complexity index is 1120. The summed E-state index contributed by atoms with van der Waals surface area (Å²) in [6.07, 6.45) is 6.16.